The first-order valence-electron chi connectivity index (χ1n) is 8.64. The van der Waals surface area contributed by atoms with Gasteiger partial charge in [-0.2, -0.15) is 0 Å². The summed E-state index contributed by atoms with van der Waals surface area (Å²) in [6.07, 6.45) is 5.67. The van der Waals surface area contributed by atoms with E-state index in [4.69, 9.17) is 0 Å². The predicted molar refractivity (Wildman–Crippen MR) is 108 cm³/mol. The summed E-state index contributed by atoms with van der Waals surface area (Å²) < 4.78 is 1.99. The molecule has 2 heterocycles. The topological polar surface area (TPSA) is 42.3 Å². The van der Waals surface area contributed by atoms with E-state index in [-0.39, 0.29) is 11.1 Å². The van der Waals surface area contributed by atoms with Gasteiger partial charge in [0.05, 0.1) is 11.4 Å². The van der Waals surface area contributed by atoms with Crippen molar-refractivity contribution in [1.82, 2.24) is 9.47 Å². The highest BCUT2D eigenvalue weighted by atomic mass is 32.2. The summed E-state index contributed by atoms with van der Waals surface area (Å²) in [4.78, 5) is 26.7. The van der Waals surface area contributed by atoms with Crippen molar-refractivity contribution in [2.45, 2.75) is 13.5 Å². The van der Waals surface area contributed by atoms with E-state index in [2.05, 4.69) is 0 Å². The number of carbonyl (C=O) groups is 2. The molecule has 1 aliphatic rings. The maximum absolute atomic E-state index is 12.7. The first-order chi connectivity index (χ1) is 13.1. The molecule has 0 saturated carbocycles. The van der Waals surface area contributed by atoms with E-state index in [1.54, 1.807) is 6.08 Å². The Morgan fingerprint density at radius 1 is 0.963 bits per heavy atom. The number of rotatable bonds is 4. The Balaban J connectivity index is 1.53. The van der Waals surface area contributed by atoms with Gasteiger partial charge in [-0.25, -0.2) is 0 Å². The van der Waals surface area contributed by atoms with E-state index in [0.29, 0.717) is 11.4 Å². The summed E-state index contributed by atoms with van der Waals surface area (Å²) in [6.45, 7) is 2.31. The molecule has 27 heavy (non-hydrogen) atoms. The first kappa shape index (κ1) is 17.4. The van der Waals surface area contributed by atoms with E-state index in [0.717, 1.165) is 34.1 Å². The fourth-order valence-corrected chi connectivity index (χ4v) is 3.76. The maximum Gasteiger partial charge on any atom is 0.293 e. The average molecular weight is 374 g/mol. The molecule has 0 atom stereocenters. The molecule has 1 aromatic heterocycles. The van der Waals surface area contributed by atoms with Gasteiger partial charge in [0.15, 0.2) is 0 Å². The Morgan fingerprint density at radius 3 is 2.44 bits per heavy atom. The van der Waals surface area contributed by atoms with E-state index >= 15 is 0 Å². The minimum Gasteiger partial charge on any atom is -0.323 e. The number of aryl methyl sites for hydroxylation is 1. The number of imide groups is 1. The molecule has 134 valence electrons. The third kappa shape index (κ3) is 3.73. The van der Waals surface area contributed by atoms with Gasteiger partial charge in [0.2, 0.25) is 0 Å². The highest BCUT2D eigenvalue weighted by Crippen LogP contribution is 2.33. The van der Waals surface area contributed by atoms with Crippen LogP contribution in [-0.2, 0) is 11.3 Å². The Kier molecular flexibility index (Phi) is 4.69. The van der Waals surface area contributed by atoms with Gasteiger partial charge in [0.25, 0.3) is 11.1 Å². The minimum atomic E-state index is -0.238. The lowest BCUT2D eigenvalue weighted by Gasteiger charge is -2.12. The molecular formula is C22H18N2O2S. The van der Waals surface area contributed by atoms with Gasteiger partial charge >= 0.3 is 0 Å². The molecule has 1 fully saturated rings. The molecule has 5 heteroatoms. The molecule has 0 unspecified atom stereocenters. The van der Waals surface area contributed by atoms with Crippen LogP contribution in [0.25, 0.3) is 11.8 Å². The van der Waals surface area contributed by atoms with E-state index in [9.17, 15) is 9.59 Å². The number of hydrogen-bond donors (Lipinski definition) is 0. The largest absolute Gasteiger partial charge is 0.323 e. The summed E-state index contributed by atoms with van der Waals surface area (Å²) in [7, 11) is 0. The number of nitrogens with zero attached hydrogens (tertiary/aromatic N) is 2. The lowest BCUT2D eigenvalue weighted by Crippen LogP contribution is -2.27. The molecule has 0 aliphatic carbocycles. The van der Waals surface area contributed by atoms with Crippen LogP contribution in [0.15, 0.2) is 78.0 Å². The number of aromatic nitrogens is 1. The van der Waals surface area contributed by atoms with Gasteiger partial charge < -0.3 is 4.57 Å². The van der Waals surface area contributed by atoms with Crippen LogP contribution in [0, 0.1) is 6.92 Å². The van der Waals surface area contributed by atoms with Crippen molar-refractivity contribution in [2.24, 2.45) is 0 Å². The highest BCUT2D eigenvalue weighted by molar-refractivity contribution is 8.18. The minimum absolute atomic E-state index is 0.227. The number of amides is 2. The Labute approximate surface area is 162 Å². The van der Waals surface area contributed by atoms with E-state index in [1.165, 1.54) is 4.90 Å². The standard InChI is InChI=1S/C22H18N2O2S/c1-16-7-9-17(10-8-16)15-24-21(25)20(27-22(24)26)13-18-11-12-23(14-18)19-5-3-2-4-6-19/h2-14H,15H2,1H3/b20-13+. The number of benzene rings is 2. The van der Waals surface area contributed by atoms with Gasteiger partial charge in [0, 0.05) is 18.1 Å². The lowest BCUT2D eigenvalue weighted by molar-refractivity contribution is -0.123. The second-order valence-corrected chi connectivity index (χ2v) is 7.43. The molecule has 0 bridgehead atoms. The fraction of sp³-hybridized carbons (Fsp3) is 0.0909. The number of carbonyl (C=O) groups excluding carboxylic acids is 2. The Bertz CT molecular complexity index is 1020. The van der Waals surface area contributed by atoms with Crippen molar-refractivity contribution in [3.05, 3.63) is 94.7 Å². The zero-order valence-electron chi connectivity index (χ0n) is 14.8. The fourth-order valence-electron chi connectivity index (χ4n) is 2.92. The van der Waals surface area contributed by atoms with Crippen LogP contribution in [0.4, 0.5) is 4.79 Å². The summed E-state index contributed by atoms with van der Waals surface area (Å²) >= 11 is 0.993. The summed E-state index contributed by atoms with van der Waals surface area (Å²) in [5.74, 6) is -0.238. The molecule has 0 N–H and O–H groups in total. The van der Waals surface area contributed by atoms with Crippen LogP contribution in [0.5, 0.6) is 0 Å². The van der Waals surface area contributed by atoms with Crippen LogP contribution in [0.1, 0.15) is 16.7 Å². The van der Waals surface area contributed by atoms with Crippen LogP contribution < -0.4 is 0 Å². The zero-order valence-corrected chi connectivity index (χ0v) is 15.6. The van der Waals surface area contributed by atoms with Crippen molar-refractivity contribution in [3.63, 3.8) is 0 Å². The van der Waals surface area contributed by atoms with Crippen molar-refractivity contribution >= 4 is 29.0 Å². The maximum atomic E-state index is 12.7. The highest BCUT2D eigenvalue weighted by Gasteiger charge is 2.34. The summed E-state index contributed by atoms with van der Waals surface area (Å²) in [6, 6.07) is 19.7. The SMILES string of the molecule is Cc1ccc(CN2C(=O)S/C(=C/c3ccn(-c4ccccc4)c3)C2=O)cc1. The molecule has 1 aliphatic heterocycles. The van der Waals surface area contributed by atoms with Gasteiger partial charge in [-0.3, -0.25) is 14.5 Å². The van der Waals surface area contributed by atoms with Gasteiger partial charge in [-0.05, 0) is 54.1 Å². The zero-order chi connectivity index (χ0) is 18.8. The van der Waals surface area contributed by atoms with Crippen molar-refractivity contribution in [1.29, 1.82) is 0 Å². The molecule has 2 aromatic carbocycles. The van der Waals surface area contributed by atoms with Gasteiger partial charge in [0.1, 0.15) is 0 Å². The average Bonchev–Trinajstić information content (AvgIpc) is 3.25. The molecule has 0 radical (unpaired) electrons. The summed E-state index contributed by atoms with van der Waals surface area (Å²) in [5, 5.41) is -0.227. The first-order valence-corrected chi connectivity index (χ1v) is 9.46. The number of thioether (sulfide) groups is 1. The molecule has 4 rings (SSSR count). The van der Waals surface area contributed by atoms with Crippen LogP contribution in [0.2, 0.25) is 0 Å². The van der Waals surface area contributed by atoms with E-state index < -0.39 is 0 Å². The monoisotopic (exact) mass is 374 g/mol. The molecule has 0 spiro atoms. The Morgan fingerprint density at radius 2 is 1.70 bits per heavy atom. The van der Waals surface area contributed by atoms with Crippen molar-refractivity contribution in [3.8, 4) is 5.69 Å². The van der Waals surface area contributed by atoms with Crippen LogP contribution in [0.3, 0.4) is 0 Å². The molecule has 3 aromatic rings. The van der Waals surface area contributed by atoms with Crippen molar-refractivity contribution in [2.75, 3.05) is 0 Å². The normalized spacial score (nSPS) is 15.7. The predicted octanol–water partition coefficient (Wildman–Crippen LogP) is 5.02. The second-order valence-electron chi connectivity index (χ2n) is 6.44. The smallest absolute Gasteiger partial charge is 0.293 e. The lowest BCUT2D eigenvalue weighted by atomic mass is 10.1. The molecule has 2 amide bonds. The third-order valence-corrected chi connectivity index (χ3v) is 5.31. The number of para-hydroxylation sites is 1. The molecule has 1 saturated heterocycles. The summed E-state index contributed by atoms with van der Waals surface area (Å²) in [5.41, 5.74) is 4.03. The Hall–Kier alpha value is -3.05. The molecular weight excluding hydrogens is 356 g/mol. The second kappa shape index (κ2) is 7.29. The van der Waals surface area contributed by atoms with Gasteiger partial charge in [-0.1, -0.05) is 48.0 Å². The van der Waals surface area contributed by atoms with E-state index in [1.807, 2.05) is 84.5 Å². The van der Waals surface area contributed by atoms with Gasteiger partial charge in [-0.15, -0.1) is 0 Å². The van der Waals surface area contributed by atoms with Crippen molar-refractivity contribution < 1.29 is 9.59 Å². The number of hydrogen-bond acceptors (Lipinski definition) is 3. The third-order valence-electron chi connectivity index (χ3n) is 4.40. The van der Waals surface area contributed by atoms with Crippen LogP contribution in [-0.4, -0.2) is 20.6 Å². The van der Waals surface area contributed by atoms with Crippen LogP contribution >= 0.6 is 11.8 Å². The quantitative estimate of drug-likeness (QED) is 0.602. The molecule has 4 nitrogen and oxygen atoms in total.